The minimum atomic E-state index is -1.33. The van der Waals surface area contributed by atoms with Crippen LogP contribution in [0.15, 0.2) is 24.3 Å². The molecule has 0 N–H and O–H groups in total. The lowest BCUT2D eigenvalue weighted by Crippen LogP contribution is -2.25. The average molecular weight is 524 g/mol. The summed E-state index contributed by atoms with van der Waals surface area (Å²) in [5, 5.41) is 0. The minimum absolute atomic E-state index is 0.00719. The highest BCUT2D eigenvalue weighted by Crippen LogP contribution is 2.42. The van der Waals surface area contributed by atoms with Gasteiger partial charge < -0.3 is 7.58 Å². The molecule has 0 atom stereocenters. The predicted octanol–water partition coefficient (Wildman–Crippen LogP) is 9.69. The molecule has 2 aromatic rings. The van der Waals surface area contributed by atoms with Gasteiger partial charge in [-0.1, -0.05) is 139 Å². The highest BCUT2D eigenvalue weighted by molar-refractivity contribution is 6.21. The van der Waals surface area contributed by atoms with Crippen molar-refractivity contribution in [3.63, 3.8) is 0 Å². The number of hydrogen-bond donors (Lipinski definition) is 0. The molecule has 2 nitrogen and oxygen atoms in total. The summed E-state index contributed by atoms with van der Waals surface area (Å²) in [6.07, 6.45) is 0. The summed E-state index contributed by atoms with van der Waals surface area (Å²) in [5.74, 6) is 2.63. The molecule has 37 heavy (non-hydrogen) atoms. The summed E-state index contributed by atoms with van der Waals surface area (Å²) in [4.78, 5) is 0. The Morgan fingerprint density at radius 3 is 0.892 bits per heavy atom. The summed E-state index contributed by atoms with van der Waals surface area (Å²) >= 11 is -1.33. The third-order valence-electron chi connectivity index (χ3n) is 6.11. The lowest BCUT2D eigenvalue weighted by Gasteiger charge is -2.33. The Balaban J connectivity index is 0.00000159. The van der Waals surface area contributed by atoms with Crippen molar-refractivity contribution in [1.82, 2.24) is 0 Å². The number of aryl methyl sites for hydroxylation is 2. The van der Waals surface area contributed by atoms with E-state index in [4.69, 9.17) is 7.58 Å². The number of rotatable bonds is 4. The van der Waals surface area contributed by atoms with E-state index >= 15 is 0 Å². The van der Waals surface area contributed by atoms with Crippen LogP contribution in [0.2, 0.25) is 0 Å². The standard InChI is InChI=1S/2C15H24O.C4H9.Al.H/c2*1-10-8-11(14(2,3)4)13(16)12(9-10)15(5,6)7;1-4(2)3;;/h2*8-9,16H,1-7H3;4H,1H2,2-3H3;;/q;;;+2;/p-2. The molecule has 207 valence electrons. The normalized spacial score (nSPS) is 12.7. The van der Waals surface area contributed by atoms with E-state index in [0.29, 0.717) is 5.92 Å². The van der Waals surface area contributed by atoms with Crippen LogP contribution in [0.4, 0.5) is 0 Å². The Labute approximate surface area is 237 Å². The zero-order valence-corrected chi connectivity index (χ0v) is 28.5. The maximum atomic E-state index is 6.66. The highest BCUT2D eigenvalue weighted by atomic mass is 27.2. The number of hydrogen-bond acceptors (Lipinski definition) is 2. The van der Waals surface area contributed by atoms with Crippen molar-refractivity contribution in [3.8, 4) is 11.5 Å². The summed E-state index contributed by atoms with van der Waals surface area (Å²) in [7, 11) is 0. The molecular formula is C34H56AlO2. The molecule has 0 aliphatic rings. The molecule has 0 saturated heterocycles. The lowest BCUT2D eigenvalue weighted by atomic mass is 9.78. The van der Waals surface area contributed by atoms with Crippen LogP contribution in [0.3, 0.4) is 0 Å². The molecule has 0 fully saturated rings. The Bertz CT molecular complexity index is 881. The van der Waals surface area contributed by atoms with Gasteiger partial charge in [-0.05, 0) is 63.7 Å². The van der Waals surface area contributed by atoms with Crippen molar-refractivity contribution in [3.05, 3.63) is 64.6 Å². The molecular weight excluding hydrogens is 467 g/mol. The van der Waals surface area contributed by atoms with Crippen LogP contribution in [-0.2, 0) is 21.7 Å². The average Bonchev–Trinajstić information content (AvgIpc) is 2.65. The molecule has 2 rings (SSSR count). The Hall–Kier alpha value is -1.43. The fourth-order valence-corrected chi connectivity index (χ4v) is 5.15. The first-order chi connectivity index (χ1) is 16.5. The van der Waals surface area contributed by atoms with E-state index in [1.165, 1.54) is 33.4 Å². The van der Waals surface area contributed by atoms with Crippen LogP contribution >= 0.6 is 0 Å². The van der Waals surface area contributed by atoms with Crippen molar-refractivity contribution >= 4 is 15.9 Å². The van der Waals surface area contributed by atoms with Gasteiger partial charge >= 0.3 is 15.9 Å². The second-order valence-corrected chi connectivity index (χ2v) is 16.0. The minimum Gasteiger partial charge on any atom is -0.614 e. The van der Waals surface area contributed by atoms with Crippen LogP contribution < -0.4 is 7.58 Å². The second-order valence-electron chi connectivity index (χ2n) is 15.2. The molecule has 0 spiro atoms. The van der Waals surface area contributed by atoms with Crippen LogP contribution in [0.1, 0.15) is 130 Å². The van der Waals surface area contributed by atoms with Gasteiger partial charge in [0.15, 0.2) is 0 Å². The molecule has 1 radical (unpaired) electrons. The van der Waals surface area contributed by atoms with E-state index in [0.717, 1.165) is 11.5 Å². The zero-order valence-electron chi connectivity index (χ0n) is 27.1. The van der Waals surface area contributed by atoms with E-state index in [9.17, 15) is 0 Å². The largest absolute Gasteiger partial charge is 0.832 e. The van der Waals surface area contributed by atoms with Crippen molar-refractivity contribution in [2.75, 3.05) is 0 Å². The molecule has 0 saturated carbocycles. The lowest BCUT2D eigenvalue weighted by molar-refractivity contribution is 0.413. The summed E-state index contributed by atoms with van der Waals surface area (Å²) in [6.45, 7) is 39.3. The van der Waals surface area contributed by atoms with Crippen molar-refractivity contribution in [2.45, 2.75) is 132 Å². The SMILES string of the molecule is Cc1cc(C(C)(C)C)c([O][AlH][O]c2c(C(C)(C)C)cc(C)cc2C(C)(C)C)c(C(C)(C)C)c1.[CH2]C(C)C. The first-order valence-corrected chi connectivity index (χ1v) is 15.0. The topological polar surface area (TPSA) is 18.5 Å². The van der Waals surface area contributed by atoms with Gasteiger partial charge in [-0.2, -0.15) is 0 Å². The Morgan fingerprint density at radius 1 is 0.541 bits per heavy atom. The molecule has 0 unspecified atom stereocenters. The molecule has 0 bridgehead atoms. The van der Waals surface area contributed by atoms with Gasteiger partial charge in [0, 0.05) is 0 Å². The third-order valence-corrected chi connectivity index (χ3v) is 6.92. The first kappa shape index (κ1) is 33.6. The molecule has 0 aromatic heterocycles. The number of benzene rings is 2. The monoisotopic (exact) mass is 523 g/mol. The fourth-order valence-electron chi connectivity index (χ4n) is 4.23. The van der Waals surface area contributed by atoms with Crippen LogP contribution in [0.5, 0.6) is 11.5 Å². The van der Waals surface area contributed by atoms with Gasteiger partial charge in [0.1, 0.15) is 0 Å². The zero-order chi connectivity index (χ0) is 29.1. The Morgan fingerprint density at radius 2 is 0.730 bits per heavy atom. The van der Waals surface area contributed by atoms with E-state index in [2.05, 4.69) is 142 Å². The van der Waals surface area contributed by atoms with Crippen LogP contribution in [0.25, 0.3) is 0 Å². The van der Waals surface area contributed by atoms with Crippen molar-refractivity contribution in [1.29, 1.82) is 0 Å². The maximum absolute atomic E-state index is 6.66. The maximum Gasteiger partial charge on any atom is 0.832 e. The van der Waals surface area contributed by atoms with E-state index in [1.807, 2.05) is 0 Å². The fraction of sp³-hybridized carbons (Fsp3) is 0.618. The summed E-state index contributed by atoms with van der Waals surface area (Å²) in [5.41, 5.74) is 7.59. The summed E-state index contributed by atoms with van der Waals surface area (Å²) in [6, 6.07) is 9.13. The van der Waals surface area contributed by atoms with Crippen LogP contribution in [0, 0.1) is 26.7 Å². The quantitative estimate of drug-likeness (QED) is 0.371. The van der Waals surface area contributed by atoms with Crippen LogP contribution in [-0.4, -0.2) is 15.9 Å². The first-order valence-electron chi connectivity index (χ1n) is 13.9. The molecule has 3 heteroatoms. The summed E-state index contributed by atoms with van der Waals surface area (Å²) < 4.78 is 13.3. The van der Waals surface area contributed by atoms with Crippen molar-refractivity contribution in [2.24, 2.45) is 5.92 Å². The molecule has 0 heterocycles. The molecule has 0 amide bonds. The molecule has 0 aliphatic carbocycles. The van der Waals surface area contributed by atoms with Gasteiger partial charge in [0.25, 0.3) is 0 Å². The smallest absolute Gasteiger partial charge is 0.614 e. The predicted molar refractivity (Wildman–Crippen MR) is 166 cm³/mol. The van der Waals surface area contributed by atoms with E-state index < -0.39 is 15.9 Å². The van der Waals surface area contributed by atoms with Gasteiger partial charge in [-0.3, -0.25) is 0 Å². The highest BCUT2D eigenvalue weighted by Gasteiger charge is 2.30. The van der Waals surface area contributed by atoms with Gasteiger partial charge in [-0.25, -0.2) is 0 Å². The molecule has 2 aromatic carbocycles. The van der Waals surface area contributed by atoms with Gasteiger partial charge in [0.2, 0.25) is 0 Å². The second kappa shape index (κ2) is 12.2. The van der Waals surface area contributed by atoms with E-state index in [1.54, 1.807) is 0 Å². The van der Waals surface area contributed by atoms with E-state index in [-0.39, 0.29) is 21.7 Å². The Kier molecular flexibility index (Phi) is 11.1. The van der Waals surface area contributed by atoms with Gasteiger partial charge in [-0.15, -0.1) is 0 Å². The van der Waals surface area contributed by atoms with Gasteiger partial charge in [0.05, 0.1) is 11.5 Å². The third kappa shape index (κ3) is 10.00. The molecule has 0 aliphatic heterocycles. The van der Waals surface area contributed by atoms with Crippen molar-refractivity contribution < 1.29 is 7.58 Å².